The van der Waals surface area contributed by atoms with Gasteiger partial charge in [-0.15, -0.1) is 10.2 Å². The van der Waals surface area contributed by atoms with Crippen molar-refractivity contribution in [2.75, 3.05) is 19.7 Å². The predicted octanol–water partition coefficient (Wildman–Crippen LogP) is 3.29. The maximum absolute atomic E-state index is 6.09. The molecule has 1 aliphatic carbocycles. The third-order valence-corrected chi connectivity index (χ3v) is 4.84. The minimum Gasteiger partial charge on any atom is -0.476 e. The Morgan fingerprint density at radius 2 is 2.21 bits per heavy atom. The predicted molar refractivity (Wildman–Crippen MR) is 89.0 cm³/mol. The third kappa shape index (κ3) is 3.87. The smallest absolute Gasteiger partial charge is 0.232 e. The number of hydrogen-bond acceptors (Lipinski definition) is 6. The molecular formula is C17H21ClN4O2. The normalized spacial score (nSPS) is 21.8. The molecule has 1 saturated heterocycles. The average molecular weight is 349 g/mol. The SMILES string of the molecule is Clc1cccnc1OCC1CCCN(Cc2nnc(C3CC3)o2)C1. The van der Waals surface area contributed by atoms with Gasteiger partial charge < -0.3 is 9.15 Å². The zero-order chi connectivity index (χ0) is 16.4. The van der Waals surface area contributed by atoms with Crippen LogP contribution in [0.3, 0.4) is 0 Å². The first kappa shape index (κ1) is 15.8. The van der Waals surface area contributed by atoms with Gasteiger partial charge in [0.2, 0.25) is 17.7 Å². The number of likely N-dealkylation sites (tertiary alicyclic amines) is 1. The van der Waals surface area contributed by atoms with E-state index in [1.165, 1.54) is 12.8 Å². The summed E-state index contributed by atoms with van der Waals surface area (Å²) in [6.45, 7) is 3.37. The van der Waals surface area contributed by atoms with Crippen molar-refractivity contribution in [2.24, 2.45) is 5.92 Å². The molecule has 6 nitrogen and oxygen atoms in total. The molecule has 1 unspecified atom stereocenters. The van der Waals surface area contributed by atoms with E-state index in [1.807, 2.05) is 0 Å². The second-order valence-corrected chi connectivity index (χ2v) is 7.06. The zero-order valence-electron chi connectivity index (χ0n) is 13.5. The van der Waals surface area contributed by atoms with Crippen LogP contribution in [-0.4, -0.2) is 39.8 Å². The number of hydrogen-bond donors (Lipinski definition) is 0. The van der Waals surface area contributed by atoms with Crippen molar-refractivity contribution in [3.63, 3.8) is 0 Å². The maximum Gasteiger partial charge on any atom is 0.232 e. The summed E-state index contributed by atoms with van der Waals surface area (Å²) >= 11 is 6.09. The molecule has 128 valence electrons. The fraction of sp³-hybridized carbons (Fsp3) is 0.588. The molecule has 24 heavy (non-hydrogen) atoms. The van der Waals surface area contributed by atoms with Gasteiger partial charge in [-0.25, -0.2) is 4.98 Å². The van der Waals surface area contributed by atoms with Crippen LogP contribution in [0.1, 0.15) is 43.4 Å². The van der Waals surface area contributed by atoms with Crippen molar-refractivity contribution in [3.8, 4) is 5.88 Å². The van der Waals surface area contributed by atoms with E-state index in [-0.39, 0.29) is 0 Å². The number of rotatable bonds is 6. The fourth-order valence-electron chi connectivity index (χ4n) is 3.12. The summed E-state index contributed by atoms with van der Waals surface area (Å²) in [5.74, 6) is 3.03. The summed E-state index contributed by atoms with van der Waals surface area (Å²) in [4.78, 5) is 6.54. The van der Waals surface area contributed by atoms with Crippen LogP contribution in [0.15, 0.2) is 22.7 Å². The Balaban J connectivity index is 1.29. The second-order valence-electron chi connectivity index (χ2n) is 6.65. The van der Waals surface area contributed by atoms with Gasteiger partial charge in [0, 0.05) is 24.6 Å². The van der Waals surface area contributed by atoms with Crippen molar-refractivity contribution in [3.05, 3.63) is 35.1 Å². The molecule has 1 saturated carbocycles. The minimum atomic E-state index is 0.461. The van der Waals surface area contributed by atoms with E-state index in [0.717, 1.165) is 44.3 Å². The Labute approximate surface area is 146 Å². The third-order valence-electron chi connectivity index (χ3n) is 4.55. The average Bonchev–Trinajstić information content (AvgIpc) is 3.35. The summed E-state index contributed by atoms with van der Waals surface area (Å²) in [7, 11) is 0. The van der Waals surface area contributed by atoms with Crippen molar-refractivity contribution < 1.29 is 9.15 Å². The van der Waals surface area contributed by atoms with Gasteiger partial charge in [0.25, 0.3) is 0 Å². The highest BCUT2D eigenvalue weighted by molar-refractivity contribution is 6.31. The Bertz CT molecular complexity index is 689. The van der Waals surface area contributed by atoms with E-state index in [1.54, 1.807) is 18.3 Å². The van der Waals surface area contributed by atoms with Gasteiger partial charge in [-0.2, -0.15) is 0 Å². The van der Waals surface area contributed by atoms with Crippen LogP contribution in [0, 0.1) is 5.92 Å². The summed E-state index contributed by atoms with van der Waals surface area (Å²) in [6.07, 6.45) is 6.36. The maximum atomic E-state index is 6.09. The molecule has 0 N–H and O–H groups in total. The number of nitrogens with zero attached hydrogens (tertiary/aromatic N) is 4. The summed E-state index contributed by atoms with van der Waals surface area (Å²) in [5, 5.41) is 8.90. The monoisotopic (exact) mass is 348 g/mol. The van der Waals surface area contributed by atoms with Crippen LogP contribution >= 0.6 is 11.6 Å². The molecule has 1 atom stereocenters. The lowest BCUT2D eigenvalue weighted by Crippen LogP contribution is -2.37. The van der Waals surface area contributed by atoms with Crippen molar-refractivity contribution in [1.82, 2.24) is 20.1 Å². The van der Waals surface area contributed by atoms with Crippen LogP contribution in [-0.2, 0) is 6.54 Å². The Kier molecular flexibility index (Phi) is 4.67. The topological polar surface area (TPSA) is 64.3 Å². The van der Waals surface area contributed by atoms with Gasteiger partial charge in [0.05, 0.1) is 13.2 Å². The molecule has 2 fully saturated rings. The minimum absolute atomic E-state index is 0.461. The van der Waals surface area contributed by atoms with Crippen LogP contribution in [0.4, 0.5) is 0 Å². The summed E-state index contributed by atoms with van der Waals surface area (Å²) in [6, 6.07) is 3.60. The van der Waals surface area contributed by atoms with Crippen molar-refractivity contribution >= 4 is 11.6 Å². The number of ether oxygens (including phenoxy) is 1. The molecule has 7 heteroatoms. The molecular weight excluding hydrogens is 328 g/mol. The number of aromatic nitrogens is 3. The van der Waals surface area contributed by atoms with Gasteiger partial charge in [0.15, 0.2) is 0 Å². The lowest BCUT2D eigenvalue weighted by atomic mass is 9.99. The molecule has 0 aromatic carbocycles. The summed E-state index contributed by atoms with van der Waals surface area (Å²) in [5.41, 5.74) is 0. The van der Waals surface area contributed by atoms with E-state index in [2.05, 4.69) is 20.1 Å². The zero-order valence-corrected chi connectivity index (χ0v) is 14.3. The quantitative estimate of drug-likeness (QED) is 0.798. The van der Waals surface area contributed by atoms with Crippen molar-refractivity contribution in [2.45, 2.75) is 38.1 Å². The van der Waals surface area contributed by atoms with Crippen LogP contribution in [0.2, 0.25) is 5.02 Å². The van der Waals surface area contributed by atoms with Gasteiger partial charge in [-0.05, 0) is 44.4 Å². The first-order valence-corrected chi connectivity index (χ1v) is 8.93. The number of piperidine rings is 1. The highest BCUT2D eigenvalue weighted by Gasteiger charge is 2.30. The molecule has 4 rings (SSSR count). The van der Waals surface area contributed by atoms with E-state index >= 15 is 0 Å². The van der Waals surface area contributed by atoms with E-state index in [9.17, 15) is 0 Å². The standard InChI is InChI=1S/C17H21ClN4O2/c18-14-4-1-7-19-17(14)23-11-12-3-2-8-22(9-12)10-15-20-21-16(24-15)13-5-6-13/h1,4,7,12-13H,2-3,5-6,8-11H2. The highest BCUT2D eigenvalue weighted by Crippen LogP contribution is 2.39. The molecule has 0 bridgehead atoms. The second kappa shape index (κ2) is 7.07. The molecule has 0 amide bonds. The van der Waals surface area contributed by atoms with Gasteiger partial charge in [-0.3, -0.25) is 4.90 Å². The Hall–Kier alpha value is -1.66. The van der Waals surface area contributed by atoms with Crippen molar-refractivity contribution in [1.29, 1.82) is 0 Å². The molecule has 3 heterocycles. The van der Waals surface area contributed by atoms with Gasteiger partial charge in [-0.1, -0.05) is 11.6 Å². The molecule has 0 spiro atoms. The van der Waals surface area contributed by atoms with Gasteiger partial charge >= 0.3 is 0 Å². The number of pyridine rings is 1. The van der Waals surface area contributed by atoms with E-state index in [4.69, 9.17) is 20.8 Å². The van der Waals surface area contributed by atoms with Gasteiger partial charge in [0.1, 0.15) is 5.02 Å². The Morgan fingerprint density at radius 3 is 3.04 bits per heavy atom. The molecule has 0 radical (unpaired) electrons. The highest BCUT2D eigenvalue weighted by atomic mass is 35.5. The van der Waals surface area contributed by atoms with Crippen LogP contribution in [0.5, 0.6) is 5.88 Å². The van der Waals surface area contributed by atoms with E-state index in [0.29, 0.717) is 29.3 Å². The van der Waals surface area contributed by atoms with Crippen LogP contribution in [0.25, 0.3) is 0 Å². The fourth-order valence-corrected chi connectivity index (χ4v) is 3.30. The largest absolute Gasteiger partial charge is 0.476 e. The lowest BCUT2D eigenvalue weighted by Gasteiger charge is -2.31. The molecule has 2 aromatic rings. The summed E-state index contributed by atoms with van der Waals surface area (Å²) < 4.78 is 11.6. The lowest BCUT2D eigenvalue weighted by molar-refractivity contribution is 0.115. The van der Waals surface area contributed by atoms with E-state index < -0.39 is 0 Å². The number of halogens is 1. The first-order valence-electron chi connectivity index (χ1n) is 8.56. The molecule has 1 aliphatic heterocycles. The first-order chi connectivity index (χ1) is 11.8. The van der Waals surface area contributed by atoms with Crippen LogP contribution < -0.4 is 4.74 Å². The Morgan fingerprint density at radius 1 is 1.29 bits per heavy atom. The molecule has 2 aliphatic rings. The molecule has 2 aromatic heterocycles.